The van der Waals surface area contributed by atoms with Crippen LogP contribution in [0.15, 0.2) is 66.9 Å². The van der Waals surface area contributed by atoms with Gasteiger partial charge in [-0.2, -0.15) is 0 Å². The number of piperidine rings is 3. The highest BCUT2D eigenvalue weighted by Crippen LogP contribution is 2.39. The number of nitrogen functional groups attached to an aromatic ring is 1. The Kier molecular flexibility index (Phi) is 11.0. The number of carbonyl (C=O) groups excluding carboxylic acids is 3. The van der Waals surface area contributed by atoms with E-state index in [4.69, 9.17) is 5.73 Å². The molecule has 0 unspecified atom stereocenters. The number of amides is 4. The van der Waals surface area contributed by atoms with Crippen molar-refractivity contribution in [1.29, 1.82) is 0 Å². The van der Waals surface area contributed by atoms with Crippen molar-refractivity contribution in [2.24, 2.45) is 0 Å². The number of urea groups is 1. The lowest BCUT2D eigenvalue weighted by Crippen LogP contribution is -2.51. The molecule has 0 saturated carbocycles. The van der Waals surface area contributed by atoms with E-state index in [0.717, 1.165) is 35.5 Å². The topological polar surface area (TPSA) is 153 Å². The van der Waals surface area contributed by atoms with E-state index in [1.165, 1.54) is 6.07 Å². The average molecular weight is 850 g/mol. The quantitative estimate of drug-likeness (QED) is 0.149. The van der Waals surface area contributed by atoms with Crippen LogP contribution in [0.5, 0.6) is 5.75 Å². The Labute approximate surface area is 357 Å². The molecule has 4 fully saturated rings. The number of alkyl halides is 1. The molecular formula is C46H50F3N9O4. The molecule has 13 nitrogen and oxygen atoms in total. The predicted molar refractivity (Wildman–Crippen MR) is 230 cm³/mol. The van der Waals surface area contributed by atoms with Gasteiger partial charge in [0.15, 0.2) is 17.5 Å². The highest BCUT2D eigenvalue weighted by molar-refractivity contribution is 6.06. The second-order valence-corrected chi connectivity index (χ2v) is 17.3. The number of halogens is 3. The number of nitrogens with one attached hydrogen (secondary N) is 1. The van der Waals surface area contributed by atoms with Crippen molar-refractivity contribution in [2.75, 3.05) is 67.9 Å². The Morgan fingerprint density at radius 2 is 1.69 bits per heavy atom. The van der Waals surface area contributed by atoms with Gasteiger partial charge in [0.2, 0.25) is 5.91 Å². The molecule has 0 spiro atoms. The minimum absolute atomic E-state index is 0.0515. The Morgan fingerprint density at radius 3 is 2.42 bits per heavy atom. The summed E-state index contributed by atoms with van der Waals surface area (Å²) in [5.41, 5.74) is 8.99. The third-order valence-corrected chi connectivity index (χ3v) is 13.3. The Balaban J connectivity index is 0.781. The van der Waals surface area contributed by atoms with Gasteiger partial charge in [-0.3, -0.25) is 19.8 Å². The molecule has 4 aliphatic rings. The number of imide groups is 1. The van der Waals surface area contributed by atoms with Crippen LogP contribution in [0, 0.1) is 18.6 Å². The SMILES string of the molecule is Cc1cn(C2CCN(CC3(F)CCN(C(=O)c4ccc([C@H]5CCCN(c6cc(-c7ccccc7O)nnc6N)C5)cc4)CC3)CC2)c2cc(F)c(N3CCC(=O)NC3=O)c(F)c12. The molecule has 5 aromatic rings. The highest BCUT2D eigenvalue weighted by atomic mass is 19.1. The van der Waals surface area contributed by atoms with Crippen LogP contribution in [0.25, 0.3) is 22.2 Å². The summed E-state index contributed by atoms with van der Waals surface area (Å²) in [7, 11) is 0. The fraction of sp³-hybridized carbons (Fsp3) is 0.413. The van der Waals surface area contributed by atoms with E-state index in [-0.39, 0.29) is 61.4 Å². The summed E-state index contributed by atoms with van der Waals surface area (Å²) >= 11 is 0. The van der Waals surface area contributed by atoms with Crippen molar-refractivity contribution in [2.45, 2.75) is 69.5 Å². The number of phenols is 1. The van der Waals surface area contributed by atoms with Gasteiger partial charge in [0.05, 0.1) is 16.9 Å². The van der Waals surface area contributed by atoms with Gasteiger partial charge in [-0.25, -0.2) is 18.0 Å². The largest absolute Gasteiger partial charge is 0.507 e. The molecule has 4 N–H and O–H groups in total. The number of rotatable bonds is 8. The summed E-state index contributed by atoms with van der Waals surface area (Å²) in [5, 5.41) is 21.2. The highest BCUT2D eigenvalue weighted by Gasteiger charge is 2.39. The van der Waals surface area contributed by atoms with Crippen molar-refractivity contribution in [3.05, 3.63) is 95.2 Å². The summed E-state index contributed by atoms with van der Waals surface area (Å²) in [6.07, 6.45) is 5.48. The van der Waals surface area contributed by atoms with Crippen molar-refractivity contribution in [3.63, 3.8) is 0 Å². The van der Waals surface area contributed by atoms with E-state index in [1.54, 1.807) is 30.0 Å². The van der Waals surface area contributed by atoms with Gasteiger partial charge >= 0.3 is 6.03 Å². The molecule has 0 aliphatic carbocycles. The smallest absolute Gasteiger partial charge is 0.328 e. The first-order valence-electron chi connectivity index (χ1n) is 21.4. The molecule has 3 aromatic carbocycles. The Bertz CT molecular complexity index is 2530. The average Bonchev–Trinajstić information content (AvgIpc) is 3.60. The fourth-order valence-electron chi connectivity index (χ4n) is 9.88. The number of phenolic OH excluding ortho intramolecular Hbond substituents is 1. The number of nitrogens with zero attached hydrogens (tertiary/aromatic N) is 7. The first-order chi connectivity index (χ1) is 29.9. The first-order valence-corrected chi connectivity index (χ1v) is 21.4. The number of aryl methyl sites for hydroxylation is 1. The van der Waals surface area contributed by atoms with Crippen molar-refractivity contribution in [3.8, 4) is 17.0 Å². The van der Waals surface area contributed by atoms with Crippen LogP contribution < -0.4 is 20.9 Å². The third-order valence-electron chi connectivity index (χ3n) is 13.3. The van der Waals surface area contributed by atoms with Gasteiger partial charge in [0, 0.05) is 112 Å². The summed E-state index contributed by atoms with van der Waals surface area (Å²) in [4.78, 5) is 44.7. The van der Waals surface area contributed by atoms with Crippen LogP contribution >= 0.6 is 0 Å². The van der Waals surface area contributed by atoms with E-state index < -0.39 is 34.9 Å². The number of aromatic hydroxyl groups is 1. The lowest BCUT2D eigenvalue weighted by molar-refractivity contribution is -0.120. The molecular weight excluding hydrogens is 800 g/mol. The molecule has 16 heteroatoms. The van der Waals surface area contributed by atoms with E-state index in [2.05, 4.69) is 25.3 Å². The number of likely N-dealkylation sites (tertiary alicyclic amines) is 2. The monoisotopic (exact) mass is 849 g/mol. The van der Waals surface area contributed by atoms with Gasteiger partial charge in [-0.05, 0) is 74.1 Å². The first kappa shape index (κ1) is 41.2. The number of fused-ring (bicyclic) bond motifs is 1. The standard InChI is InChI=1S/C46H50F3N9O4/c1-28-25-58(36-23-34(47)42(41(48)40(28)36)57-20-14-39(60)51-45(57)62)32-12-18-54(19-13-32)27-46(49)15-21-55(22-16-46)44(61)30-10-8-29(9-11-30)31-5-4-17-56(26-31)37-24-35(52-53-43(37)50)33-6-2-3-7-38(33)59/h2-3,6-11,23-25,31-32,59H,4-5,12-22,26-27H2,1H3,(H2,50,53)(H,51,60,62)/t31-/m0/s1. The van der Waals surface area contributed by atoms with Gasteiger partial charge in [0.25, 0.3) is 5.91 Å². The van der Waals surface area contributed by atoms with Crippen molar-refractivity contribution >= 4 is 45.9 Å². The fourth-order valence-corrected chi connectivity index (χ4v) is 9.88. The maximum Gasteiger partial charge on any atom is 0.328 e. The number of para-hydroxylation sites is 1. The van der Waals surface area contributed by atoms with Crippen molar-refractivity contribution < 1.29 is 32.7 Å². The predicted octanol–water partition coefficient (Wildman–Crippen LogP) is 7.08. The molecule has 0 bridgehead atoms. The summed E-state index contributed by atoms with van der Waals surface area (Å²) < 4.78 is 49.7. The van der Waals surface area contributed by atoms with Gasteiger partial charge in [-0.15, -0.1) is 10.2 Å². The number of hydrogen-bond donors (Lipinski definition) is 3. The zero-order chi connectivity index (χ0) is 43.3. The minimum atomic E-state index is -1.44. The summed E-state index contributed by atoms with van der Waals surface area (Å²) in [5.74, 6) is -1.66. The lowest BCUT2D eigenvalue weighted by Gasteiger charge is -2.41. The molecule has 4 saturated heterocycles. The lowest BCUT2D eigenvalue weighted by atomic mass is 9.89. The van der Waals surface area contributed by atoms with E-state index in [0.29, 0.717) is 79.3 Å². The minimum Gasteiger partial charge on any atom is -0.507 e. The van der Waals surface area contributed by atoms with Crippen LogP contribution in [-0.4, -0.2) is 106 Å². The van der Waals surface area contributed by atoms with Gasteiger partial charge in [0.1, 0.15) is 17.1 Å². The molecule has 0 radical (unpaired) electrons. The maximum atomic E-state index is 16.4. The maximum absolute atomic E-state index is 16.4. The molecule has 324 valence electrons. The second kappa shape index (κ2) is 16.6. The van der Waals surface area contributed by atoms with Gasteiger partial charge < -0.3 is 30.1 Å². The third kappa shape index (κ3) is 7.91. The summed E-state index contributed by atoms with van der Waals surface area (Å²) in [6, 6.07) is 17.0. The number of hydrogen-bond acceptors (Lipinski definition) is 9. The van der Waals surface area contributed by atoms with E-state index in [1.807, 2.05) is 47.2 Å². The number of carbonyl (C=O) groups is 3. The second-order valence-electron chi connectivity index (χ2n) is 17.3. The normalized spacial score (nSPS) is 20.2. The number of nitrogens with two attached hydrogens (primary N) is 1. The molecule has 6 heterocycles. The zero-order valence-electron chi connectivity index (χ0n) is 34.6. The zero-order valence-corrected chi connectivity index (χ0v) is 34.6. The Morgan fingerprint density at radius 1 is 0.952 bits per heavy atom. The number of benzene rings is 3. The number of anilines is 3. The van der Waals surface area contributed by atoms with Crippen LogP contribution in [0.4, 0.5) is 35.2 Å². The van der Waals surface area contributed by atoms with Crippen LogP contribution in [-0.2, 0) is 4.79 Å². The van der Waals surface area contributed by atoms with Crippen molar-refractivity contribution in [1.82, 2.24) is 29.9 Å². The summed E-state index contributed by atoms with van der Waals surface area (Å²) in [6.45, 7) is 5.26. The molecule has 4 amide bonds. The van der Waals surface area contributed by atoms with E-state index >= 15 is 13.2 Å². The molecule has 1 atom stereocenters. The van der Waals surface area contributed by atoms with Crippen LogP contribution in [0.2, 0.25) is 0 Å². The number of aromatic nitrogens is 3. The van der Waals surface area contributed by atoms with E-state index in [9.17, 15) is 19.5 Å². The molecule has 62 heavy (non-hydrogen) atoms. The Hall–Kier alpha value is -6.16. The molecule has 9 rings (SSSR count). The molecule has 2 aromatic heterocycles. The van der Waals surface area contributed by atoms with Crippen LogP contribution in [0.1, 0.15) is 78.4 Å². The van der Waals surface area contributed by atoms with Gasteiger partial charge in [-0.1, -0.05) is 24.3 Å². The molecule has 4 aliphatic heterocycles. The van der Waals surface area contributed by atoms with Crippen LogP contribution in [0.3, 0.4) is 0 Å².